The average molecular weight is 511 g/mol. The van der Waals surface area contributed by atoms with Crippen LogP contribution >= 0.6 is 0 Å². The Bertz CT molecular complexity index is 1890. The maximum atomic E-state index is 13.6. The van der Waals surface area contributed by atoms with Gasteiger partial charge in [0.2, 0.25) is 0 Å². The third kappa shape index (κ3) is 3.48. The Kier molecular flexibility index (Phi) is 5.13. The number of carbonyl (C=O) groups excluding carboxylic acids is 2. The van der Waals surface area contributed by atoms with Crippen molar-refractivity contribution in [1.29, 1.82) is 0 Å². The number of aryl methyl sites for hydroxylation is 3. The van der Waals surface area contributed by atoms with Crippen molar-refractivity contribution < 1.29 is 9.59 Å². The number of hydrogen-bond acceptors (Lipinski definition) is 4. The number of para-hydroxylation sites is 1. The van der Waals surface area contributed by atoms with Gasteiger partial charge >= 0.3 is 0 Å². The number of ketones is 2. The molecule has 3 heterocycles. The fourth-order valence-corrected chi connectivity index (χ4v) is 5.94. The first-order chi connectivity index (χ1) is 18.9. The van der Waals surface area contributed by atoms with Crippen LogP contribution in [0.3, 0.4) is 0 Å². The molecule has 1 aliphatic heterocycles. The number of Topliss-reactive ketones (excluding diaryl/α,β-unsaturated/α-hetero) is 2. The molecule has 0 saturated heterocycles. The summed E-state index contributed by atoms with van der Waals surface area (Å²) in [5.74, 6) is 0.539. The van der Waals surface area contributed by atoms with E-state index in [0.29, 0.717) is 11.1 Å². The van der Waals surface area contributed by atoms with Gasteiger partial charge in [-0.2, -0.15) is 0 Å². The van der Waals surface area contributed by atoms with Gasteiger partial charge in [-0.25, -0.2) is 4.98 Å². The lowest BCUT2D eigenvalue weighted by Crippen LogP contribution is -2.09. The average Bonchev–Trinajstić information content (AvgIpc) is 3.53. The molecule has 6 heteroatoms. The van der Waals surface area contributed by atoms with Gasteiger partial charge < -0.3 is 4.57 Å². The molecule has 2 aromatic heterocycles. The van der Waals surface area contributed by atoms with Crippen LogP contribution in [0.4, 0.5) is 0 Å². The first kappa shape index (κ1) is 23.3. The molecule has 0 bridgehead atoms. The zero-order valence-electron chi connectivity index (χ0n) is 22.0. The molecule has 39 heavy (non-hydrogen) atoms. The van der Waals surface area contributed by atoms with Gasteiger partial charge in [-0.1, -0.05) is 48.5 Å². The second kappa shape index (κ2) is 8.60. The molecule has 5 aromatic rings. The van der Waals surface area contributed by atoms with Crippen molar-refractivity contribution in [2.75, 3.05) is 0 Å². The van der Waals surface area contributed by atoms with Crippen LogP contribution in [0.15, 0.2) is 83.5 Å². The minimum Gasteiger partial charge on any atom is -0.329 e. The van der Waals surface area contributed by atoms with Gasteiger partial charge in [0.25, 0.3) is 0 Å². The highest BCUT2D eigenvalue weighted by atomic mass is 16.2. The molecular formula is C33H26N4O2. The molecule has 1 aliphatic carbocycles. The van der Waals surface area contributed by atoms with Crippen LogP contribution < -0.4 is 0 Å². The number of nitrogens with zero attached hydrogens (tertiary/aromatic N) is 4. The van der Waals surface area contributed by atoms with E-state index in [0.717, 1.165) is 56.7 Å². The second-order valence-electron chi connectivity index (χ2n) is 10.4. The minimum atomic E-state index is -0.238. The Balaban J connectivity index is 1.45. The summed E-state index contributed by atoms with van der Waals surface area (Å²) in [6, 6.07) is 19.7. The van der Waals surface area contributed by atoms with E-state index >= 15 is 0 Å². The molecule has 2 aliphatic rings. The smallest absolute Gasteiger partial charge is 0.197 e. The van der Waals surface area contributed by atoms with Crippen molar-refractivity contribution in [3.8, 4) is 5.69 Å². The molecule has 1 atom stereocenters. The summed E-state index contributed by atoms with van der Waals surface area (Å²) in [5.41, 5.74) is 6.75. The summed E-state index contributed by atoms with van der Waals surface area (Å²) in [7, 11) is 2.01. The molecule has 7 rings (SSSR count). The maximum Gasteiger partial charge on any atom is 0.197 e. The number of carbonyl (C=O) groups is 2. The van der Waals surface area contributed by atoms with E-state index in [2.05, 4.69) is 46.2 Å². The molecule has 190 valence electrons. The highest BCUT2D eigenvalue weighted by Crippen LogP contribution is 2.35. The number of imidazole rings is 1. The monoisotopic (exact) mass is 510 g/mol. The van der Waals surface area contributed by atoms with Gasteiger partial charge in [-0.15, -0.1) is 0 Å². The summed E-state index contributed by atoms with van der Waals surface area (Å²) in [4.78, 5) is 36.6. The third-order valence-electron chi connectivity index (χ3n) is 7.91. The summed E-state index contributed by atoms with van der Waals surface area (Å²) >= 11 is 0. The van der Waals surface area contributed by atoms with Crippen LogP contribution in [0.2, 0.25) is 0 Å². The van der Waals surface area contributed by atoms with Crippen molar-refractivity contribution in [3.05, 3.63) is 112 Å². The summed E-state index contributed by atoms with van der Waals surface area (Å²) in [6.45, 7) is 4.14. The van der Waals surface area contributed by atoms with Gasteiger partial charge in [0.1, 0.15) is 5.82 Å². The molecule has 0 fully saturated rings. The standard InChI is InChI=1S/C33H26N4O2/c1-19-8-6-9-20(2)29(19)37-24(17-28-33(37)35-32(36(28)3)23-12-7-13-34-18-23)16-27-30(38)25-14-21-10-4-5-11-22(21)15-26(25)31(27)39/h4-11,13-18,23H,12H2,1-3H3. The number of rotatable bonds is 3. The van der Waals surface area contributed by atoms with Crippen molar-refractivity contribution >= 4 is 45.8 Å². The number of benzene rings is 3. The van der Waals surface area contributed by atoms with E-state index in [1.54, 1.807) is 6.08 Å². The lowest BCUT2D eigenvalue weighted by Gasteiger charge is -2.15. The highest BCUT2D eigenvalue weighted by Gasteiger charge is 2.34. The normalized spacial score (nSPS) is 16.6. The van der Waals surface area contributed by atoms with Crippen LogP contribution in [0.25, 0.3) is 33.7 Å². The zero-order valence-corrected chi connectivity index (χ0v) is 22.0. The maximum absolute atomic E-state index is 13.6. The Hall–Kier alpha value is -4.84. The predicted molar refractivity (Wildman–Crippen MR) is 155 cm³/mol. The molecule has 0 amide bonds. The van der Waals surface area contributed by atoms with Crippen molar-refractivity contribution in [2.24, 2.45) is 12.0 Å². The van der Waals surface area contributed by atoms with Crippen LogP contribution in [-0.2, 0) is 7.05 Å². The lowest BCUT2D eigenvalue weighted by atomic mass is 10.0. The largest absolute Gasteiger partial charge is 0.329 e. The number of aromatic nitrogens is 3. The first-order valence-electron chi connectivity index (χ1n) is 13.1. The van der Waals surface area contributed by atoms with E-state index in [1.807, 2.05) is 68.0 Å². The molecular weight excluding hydrogens is 484 g/mol. The Labute approximate surface area is 225 Å². The quantitative estimate of drug-likeness (QED) is 0.201. The molecule has 0 N–H and O–H groups in total. The molecule has 1 unspecified atom stereocenters. The van der Waals surface area contributed by atoms with Gasteiger partial charge in [-0.05, 0) is 66.4 Å². The number of fused-ring (bicyclic) bond motifs is 3. The Morgan fingerprint density at radius 1 is 0.897 bits per heavy atom. The van der Waals surface area contributed by atoms with E-state index < -0.39 is 0 Å². The van der Waals surface area contributed by atoms with Crippen molar-refractivity contribution in [3.63, 3.8) is 0 Å². The van der Waals surface area contributed by atoms with Gasteiger partial charge in [0, 0.05) is 30.6 Å². The summed E-state index contributed by atoms with van der Waals surface area (Å²) in [6.07, 6.45) is 8.39. The number of aliphatic imine (C=N–C) groups is 1. The van der Waals surface area contributed by atoms with E-state index in [-0.39, 0.29) is 23.1 Å². The molecule has 3 aromatic carbocycles. The van der Waals surface area contributed by atoms with Crippen LogP contribution in [0, 0.1) is 13.8 Å². The molecule has 0 saturated carbocycles. The van der Waals surface area contributed by atoms with Crippen molar-refractivity contribution in [1.82, 2.24) is 14.1 Å². The minimum absolute atomic E-state index is 0.0854. The third-order valence-corrected chi connectivity index (χ3v) is 7.91. The number of hydrogen-bond donors (Lipinski definition) is 0. The summed E-state index contributed by atoms with van der Waals surface area (Å²) in [5, 5.41) is 1.89. The van der Waals surface area contributed by atoms with Crippen LogP contribution in [0.5, 0.6) is 0 Å². The number of allylic oxidation sites excluding steroid dienone is 2. The Morgan fingerprint density at radius 3 is 2.18 bits per heavy atom. The van der Waals surface area contributed by atoms with Crippen molar-refractivity contribution in [2.45, 2.75) is 26.2 Å². The molecule has 6 nitrogen and oxygen atoms in total. The Morgan fingerprint density at radius 2 is 1.56 bits per heavy atom. The molecule has 0 radical (unpaired) electrons. The van der Waals surface area contributed by atoms with Gasteiger partial charge in [-0.3, -0.25) is 19.1 Å². The SMILES string of the molecule is Cc1cccc(C)c1-n1c(C=C2C(=O)c3cc4ccccc4cc3C2=O)cc2c1nc(C1C=NC=CC1)n2C. The fourth-order valence-electron chi connectivity index (χ4n) is 5.94. The van der Waals surface area contributed by atoms with Gasteiger partial charge in [0.05, 0.1) is 28.4 Å². The summed E-state index contributed by atoms with van der Waals surface area (Å²) < 4.78 is 4.18. The second-order valence-corrected chi connectivity index (χ2v) is 10.4. The lowest BCUT2D eigenvalue weighted by molar-refractivity contribution is 0.0990. The van der Waals surface area contributed by atoms with E-state index in [1.165, 1.54) is 0 Å². The van der Waals surface area contributed by atoms with Crippen LogP contribution in [-0.4, -0.2) is 31.9 Å². The fraction of sp³-hybridized carbons (Fsp3) is 0.152. The van der Waals surface area contributed by atoms with Crippen LogP contribution in [0.1, 0.15) is 55.7 Å². The molecule has 0 spiro atoms. The van der Waals surface area contributed by atoms with E-state index in [4.69, 9.17) is 4.98 Å². The topological polar surface area (TPSA) is 69.2 Å². The first-order valence-corrected chi connectivity index (χ1v) is 13.1. The highest BCUT2D eigenvalue weighted by molar-refractivity contribution is 6.42. The van der Waals surface area contributed by atoms with E-state index in [9.17, 15) is 9.59 Å². The van der Waals surface area contributed by atoms with Gasteiger partial charge in [0.15, 0.2) is 17.2 Å². The zero-order chi connectivity index (χ0) is 26.8. The predicted octanol–water partition coefficient (Wildman–Crippen LogP) is 6.67.